The molecular weight excluding hydrogens is 757 g/mol. The molecule has 362 valence electrons. The van der Waals surface area contributed by atoms with Gasteiger partial charge in [-0.05, 0) is 31.1 Å². The molecule has 0 amide bonds. The maximum absolute atomic E-state index is 12.8. The summed E-state index contributed by atoms with van der Waals surface area (Å²) < 4.78 is 16.8. The maximum Gasteiger partial charge on any atom is 0.306 e. The van der Waals surface area contributed by atoms with Crippen molar-refractivity contribution in [1.29, 1.82) is 0 Å². The number of hydrogen-bond donors (Lipinski definition) is 0. The molecule has 0 fully saturated rings. The third-order valence-electron chi connectivity index (χ3n) is 12.8. The number of esters is 3. The van der Waals surface area contributed by atoms with Gasteiger partial charge >= 0.3 is 17.9 Å². The summed E-state index contributed by atoms with van der Waals surface area (Å²) in [5, 5.41) is 0. The van der Waals surface area contributed by atoms with Crippen LogP contribution < -0.4 is 0 Å². The molecule has 0 saturated carbocycles. The predicted molar refractivity (Wildman–Crippen MR) is 261 cm³/mol. The van der Waals surface area contributed by atoms with Crippen molar-refractivity contribution < 1.29 is 28.6 Å². The van der Waals surface area contributed by atoms with E-state index in [2.05, 4.69) is 34.6 Å². The molecule has 6 nitrogen and oxygen atoms in total. The average molecular weight is 863 g/mol. The van der Waals surface area contributed by atoms with Crippen LogP contribution in [-0.2, 0) is 28.6 Å². The number of unbranched alkanes of at least 4 members (excludes halogenated alkanes) is 33. The summed E-state index contributed by atoms with van der Waals surface area (Å²) in [6.07, 6.45) is 49.4. The zero-order chi connectivity index (χ0) is 44.7. The van der Waals surface area contributed by atoms with Gasteiger partial charge in [-0.1, -0.05) is 266 Å². The van der Waals surface area contributed by atoms with Crippen molar-refractivity contribution in [1.82, 2.24) is 0 Å². The Hall–Kier alpha value is -1.59. The van der Waals surface area contributed by atoms with Crippen LogP contribution in [0.4, 0.5) is 0 Å². The van der Waals surface area contributed by atoms with E-state index in [0.29, 0.717) is 19.3 Å². The summed E-state index contributed by atoms with van der Waals surface area (Å²) in [4.78, 5) is 38.0. The molecule has 0 radical (unpaired) electrons. The molecule has 2 atom stereocenters. The normalized spacial score (nSPS) is 12.5. The van der Waals surface area contributed by atoms with E-state index in [1.165, 1.54) is 193 Å². The zero-order valence-electron chi connectivity index (χ0n) is 41.8. The molecule has 0 saturated heterocycles. The van der Waals surface area contributed by atoms with Gasteiger partial charge in [0, 0.05) is 19.3 Å². The van der Waals surface area contributed by atoms with Crippen LogP contribution >= 0.6 is 0 Å². The van der Waals surface area contributed by atoms with Crippen LogP contribution in [0.5, 0.6) is 0 Å². The summed E-state index contributed by atoms with van der Waals surface area (Å²) in [5.74, 6) is 0.867. The van der Waals surface area contributed by atoms with E-state index in [-0.39, 0.29) is 31.1 Å². The minimum Gasteiger partial charge on any atom is -0.462 e. The van der Waals surface area contributed by atoms with Crippen molar-refractivity contribution in [2.24, 2.45) is 11.8 Å². The highest BCUT2D eigenvalue weighted by atomic mass is 16.6. The number of carbonyl (C=O) groups excluding carboxylic acids is 3. The fraction of sp³-hybridized carbons (Fsp3) is 0.945. The molecule has 0 aromatic carbocycles. The number of hydrogen-bond acceptors (Lipinski definition) is 6. The van der Waals surface area contributed by atoms with Crippen LogP contribution in [0, 0.1) is 11.8 Å². The first kappa shape index (κ1) is 59.4. The first-order valence-electron chi connectivity index (χ1n) is 27.3. The van der Waals surface area contributed by atoms with Crippen LogP contribution in [0.15, 0.2) is 0 Å². The van der Waals surface area contributed by atoms with Crippen molar-refractivity contribution in [3.8, 4) is 0 Å². The van der Waals surface area contributed by atoms with Gasteiger partial charge in [0.2, 0.25) is 0 Å². The van der Waals surface area contributed by atoms with Gasteiger partial charge in [-0.3, -0.25) is 14.4 Å². The Kier molecular flexibility index (Phi) is 46.6. The van der Waals surface area contributed by atoms with E-state index in [1.807, 2.05) is 0 Å². The molecule has 0 N–H and O–H groups in total. The lowest BCUT2D eigenvalue weighted by Crippen LogP contribution is -2.30. The van der Waals surface area contributed by atoms with E-state index in [0.717, 1.165) is 69.6 Å². The van der Waals surface area contributed by atoms with Gasteiger partial charge in [0.15, 0.2) is 6.10 Å². The number of carbonyl (C=O) groups is 3. The first-order valence-corrected chi connectivity index (χ1v) is 27.3. The van der Waals surface area contributed by atoms with E-state index >= 15 is 0 Å². The van der Waals surface area contributed by atoms with Crippen molar-refractivity contribution in [3.63, 3.8) is 0 Å². The second-order valence-corrected chi connectivity index (χ2v) is 19.6. The molecule has 0 spiro atoms. The van der Waals surface area contributed by atoms with Gasteiger partial charge < -0.3 is 14.2 Å². The SMILES string of the molecule is CCCCCCCCCCCCCCC(=O)OC[C@H](COC(=O)CCCCCCCCCCCCCCCCC(C)CC)OC(=O)CCCCCCCCCCCCC(C)C. The minimum absolute atomic E-state index is 0.0633. The molecule has 0 aromatic heterocycles. The van der Waals surface area contributed by atoms with Gasteiger partial charge in [-0.15, -0.1) is 0 Å². The lowest BCUT2D eigenvalue weighted by atomic mass is 9.99. The van der Waals surface area contributed by atoms with E-state index in [9.17, 15) is 14.4 Å². The highest BCUT2D eigenvalue weighted by Gasteiger charge is 2.19. The topological polar surface area (TPSA) is 78.9 Å². The fourth-order valence-electron chi connectivity index (χ4n) is 8.31. The highest BCUT2D eigenvalue weighted by Crippen LogP contribution is 2.18. The third-order valence-corrected chi connectivity index (χ3v) is 12.8. The molecule has 6 heteroatoms. The summed E-state index contributed by atoms with van der Waals surface area (Å²) in [7, 11) is 0. The molecule has 61 heavy (non-hydrogen) atoms. The third kappa shape index (κ3) is 47.7. The van der Waals surface area contributed by atoms with Crippen molar-refractivity contribution >= 4 is 17.9 Å². The fourth-order valence-corrected chi connectivity index (χ4v) is 8.31. The lowest BCUT2D eigenvalue weighted by Gasteiger charge is -2.18. The quantitative estimate of drug-likeness (QED) is 0.0344. The van der Waals surface area contributed by atoms with Gasteiger partial charge in [0.05, 0.1) is 0 Å². The minimum atomic E-state index is -0.762. The molecule has 0 aromatic rings. The van der Waals surface area contributed by atoms with E-state index in [4.69, 9.17) is 14.2 Å². The Morgan fingerprint density at radius 2 is 0.623 bits per heavy atom. The highest BCUT2D eigenvalue weighted by molar-refractivity contribution is 5.71. The van der Waals surface area contributed by atoms with E-state index < -0.39 is 6.10 Å². The molecule has 0 heterocycles. The van der Waals surface area contributed by atoms with Crippen LogP contribution in [0.3, 0.4) is 0 Å². The van der Waals surface area contributed by atoms with Crippen LogP contribution in [0.25, 0.3) is 0 Å². The molecule has 1 unspecified atom stereocenters. The Morgan fingerprint density at radius 1 is 0.344 bits per heavy atom. The van der Waals surface area contributed by atoms with Crippen molar-refractivity contribution in [2.45, 2.75) is 310 Å². The number of rotatable bonds is 49. The summed E-state index contributed by atoms with van der Waals surface area (Å²) >= 11 is 0. The summed E-state index contributed by atoms with van der Waals surface area (Å²) in [5.41, 5.74) is 0. The zero-order valence-corrected chi connectivity index (χ0v) is 41.8. The largest absolute Gasteiger partial charge is 0.462 e. The van der Waals surface area contributed by atoms with Gasteiger partial charge in [0.1, 0.15) is 13.2 Å². The van der Waals surface area contributed by atoms with Crippen molar-refractivity contribution in [3.05, 3.63) is 0 Å². The van der Waals surface area contributed by atoms with Crippen LogP contribution in [-0.4, -0.2) is 37.2 Å². The molecular formula is C55H106O6. The van der Waals surface area contributed by atoms with Gasteiger partial charge in [-0.2, -0.15) is 0 Å². The Morgan fingerprint density at radius 3 is 0.934 bits per heavy atom. The lowest BCUT2D eigenvalue weighted by molar-refractivity contribution is -0.167. The smallest absolute Gasteiger partial charge is 0.306 e. The molecule has 0 aliphatic rings. The Bertz CT molecular complexity index is 933. The Labute approximate surface area is 380 Å². The second kappa shape index (κ2) is 47.9. The first-order chi connectivity index (χ1) is 29.8. The Balaban J connectivity index is 4.28. The standard InChI is InChI=1S/C55H106O6/c1-6-8-9-10-11-12-13-19-25-30-35-40-45-53(56)59-48-52(61-55(58)47-42-37-32-27-22-21-23-28-33-38-43-50(3)4)49-60-54(57)46-41-36-31-26-20-17-15-14-16-18-24-29-34-39-44-51(5)7-2/h50-52H,6-49H2,1-5H3/t51?,52-/m1/s1. The van der Waals surface area contributed by atoms with Gasteiger partial charge in [-0.25, -0.2) is 0 Å². The molecule has 0 aliphatic carbocycles. The second-order valence-electron chi connectivity index (χ2n) is 19.6. The summed E-state index contributed by atoms with van der Waals surface area (Å²) in [6.45, 7) is 11.4. The van der Waals surface area contributed by atoms with Crippen LogP contribution in [0.1, 0.15) is 304 Å². The molecule has 0 rings (SSSR count). The predicted octanol–water partition coefficient (Wildman–Crippen LogP) is 17.7. The average Bonchev–Trinajstić information content (AvgIpc) is 3.24. The number of ether oxygens (including phenoxy) is 3. The molecule has 0 bridgehead atoms. The van der Waals surface area contributed by atoms with E-state index in [1.54, 1.807) is 0 Å². The maximum atomic E-state index is 12.8. The summed E-state index contributed by atoms with van der Waals surface area (Å²) in [6, 6.07) is 0. The van der Waals surface area contributed by atoms with Crippen LogP contribution in [0.2, 0.25) is 0 Å². The molecule has 0 aliphatic heterocycles. The monoisotopic (exact) mass is 863 g/mol. The van der Waals surface area contributed by atoms with Gasteiger partial charge in [0.25, 0.3) is 0 Å². The van der Waals surface area contributed by atoms with Crippen molar-refractivity contribution in [2.75, 3.05) is 13.2 Å².